The molecule has 2 aliphatic carbocycles. The van der Waals surface area contributed by atoms with Crippen LogP contribution in [0, 0.1) is 17.8 Å². The van der Waals surface area contributed by atoms with Crippen LogP contribution in [0.4, 0.5) is 0 Å². The lowest BCUT2D eigenvalue weighted by molar-refractivity contribution is -0.121. The molecule has 0 aromatic rings. The Hall–Kier alpha value is -0.570. The van der Waals surface area contributed by atoms with Crippen LogP contribution >= 0.6 is 0 Å². The summed E-state index contributed by atoms with van der Waals surface area (Å²) in [6.45, 7) is 2.81. The number of carbonyl (C=O) groups excluding carboxylic acids is 1. The molecule has 3 heteroatoms. The van der Waals surface area contributed by atoms with Gasteiger partial charge in [0.25, 0.3) is 0 Å². The highest BCUT2D eigenvalue weighted by atomic mass is 16.1. The first-order valence-corrected chi connectivity index (χ1v) is 7.17. The number of rotatable bonds is 6. The van der Waals surface area contributed by atoms with Gasteiger partial charge in [-0.1, -0.05) is 6.42 Å². The molecule has 0 aromatic carbocycles. The van der Waals surface area contributed by atoms with Crippen LogP contribution in [-0.2, 0) is 4.79 Å². The largest absolute Gasteiger partial charge is 0.356 e. The van der Waals surface area contributed by atoms with E-state index in [1.165, 1.54) is 32.1 Å². The number of nitrogens with two attached hydrogens (primary N) is 1. The van der Waals surface area contributed by atoms with E-state index in [-0.39, 0.29) is 11.9 Å². The molecule has 4 unspecified atom stereocenters. The maximum Gasteiger partial charge on any atom is 0.220 e. The summed E-state index contributed by atoms with van der Waals surface area (Å²) in [5.41, 5.74) is 5.63. The van der Waals surface area contributed by atoms with Gasteiger partial charge in [-0.25, -0.2) is 0 Å². The molecule has 0 saturated heterocycles. The molecule has 0 aromatic heterocycles. The minimum absolute atomic E-state index is 0.131. The Balaban J connectivity index is 1.55. The van der Waals surface area contributed by atoms with Gasteiger partial charge in [0.1, 0.15) is 0 Å². The number of carbonyl (C=O) groups is 1. The van der Waals surface area contributed by atoms with Crippen molar-refractivity contribution in [1.82, 2.24) is 5.32 Å². The number of hydrogen-bond acceptors (Lipinski definition) is 2. The molecule has 2 fully saturated rings. The third kappa shape index (κ3) is 3.70. The summed E-state index contributed by atoms with van der Waals surface area (Å²) in [6, 6.07) is 0.131. The zero-order chi connectivity index (χ0) is 12.3. The fraction of sp³-hybridized carbons (Fsp3) is 0.929. The Bertz CT molecular complexity index is 265. The summed E-state index contributed by atoms with van der Waals surface area (Å²) in [4.78, 5) is 11.5. The molecule has 98 valence electrons. The molecule has 3 N–H and O–H groups in total. The fourth-order valence-electron chi connectivity index (χ4n) is 3.57. The molecule has 2 saturated carbocycles. The van der Waals surface area contributed by atoms with Crippen molar-refractivity contribution in [1.29, 1.82) is 0 Å². The zero-order valence-corrected chi connectivity index (χ0v) is 11.0. The molecule has 0 heterocycles. The highest BCUT2D eigenvalue weighted by Crippen LogP contribution is 2.49. The predicted molar refractivity (Wildman–Crippen MR) is 69.4 cm³/mol. The van der Waals surface area contributed by atoms with Gasteiger partial charge in [0.05, 0.1) is 0 Å². The highest BCUT2D eigenvalue weighted by Gasteiger charge is 2.38. The second-order valence-corrected chi connectivity index (χ2v) is 6.09. The Morgan fingerprint density at radius 1 is 1.41 bits per heavy atom. The van der Waals surface area contributed by atoms with E-state index < -0.39 is 0 Å². The van der Waals surface area contributed by atoms with Crippen molar-refractivity contribution in [3.8, 4) is 0 Å². The Labute approximate surface area is 105 Å². The lowest BCUT2D eigenvalue weighted by atomic mass is 9.86. The van der Waals surface area contributed by atoms with Crippen molar-refractivity contribution in [2.24, 2.45) is 23.5 Å². The Kier molecular flexibility index (Phi) is 4.43. The van der Waals surface area contributed by atoms with Gasteiger partial charge in [0.2, 0.25) is 5.91 Å². The second-order valence-electron chi connectivity index (χ2n) is 6.09. The van der Waals surface area contributed by atoms with Gasteiger partial charge < -0.3 is 11.1 Å². The molecule has 2 aliphatic rings. The van der Waals surface area contributed by atoms with Gasteiger partial charge in [-0.3, -0.25) is 4.79 Å². The monoisotopic (exact) mass is 238 g/mol. The first kappa shape index (κ1) is 12.9. The smallest absolute Gasteiger partial charge is 0.220 e. The quantitative estimate of drug-likeness (QED) is 0.744. The van der Waals surface area contributed by atoms with Crippen LogP contribution in [0.15, 0.2) is 0 Å². The number of fused-ring (bicyclic) bond motifs is 2. The second kappa shape index (κ2) is 5.85. The van der Waals surface area contributed by atoms with Gasteiger partial charge in [0, 0.05) is 19.0 Å². The molecule has 0 spiro atoms. The standard InChI is InChI=1S/C14H26N2O/c1-10(15)2-5-14(17)16-7-6-13-9-11-3-4-12(13)8-11/h10-13H,2-9,15H2,1H3,(H,16,17). The van der Waals surface area contributed by atoms with Crippen molar-refractivity contribution in [3.05, 3.63) is 0 Å². The minimum atomic E-state index is 0.131. The van der Waals surface area contributed by atoms with Gasteiger partial charge in [-0.2, -0.15) is 0 Å². The van der Waals surface area contributed by atoms with E-state index in [0.717, 1.165) is 30.7 Å². The lowest BCUT2D eigenvalue weighted by Crippen LogP contribution is -2.28. The summed E-state index contributed by atoms with van der Waals surface area (Å²) in [5.74, 6) is 3.05. The van der Waals surface area contributed by atoms with Crippen LogP contribution in [-0.4, -0.2) is 18.5 Å². The normalized spacial score (nSPS) is 32.7. The van der Waals surface area contributed by atoms with E-state index >= 15 is 0 Å². The Morgan fingerprint density at radius 2 is 2.24 bits per heavy atom. The number of amides is 1. The van der Waals surface area contributed by atoms with Gasteiger partial charge in [-0.05, 0) is 56.8 Å². The van der Waals surface area contributed by atoms with Crippen LogP contribution in [0.2, 0.25) is 0 Å². The van der Waals surface area contributed by atoms with Crippen molar-refractivity contribution < 1.29 is 4.79 Å². The topological polar surface area (TPSA) is 55.1 Å². The molecule has 1 amide bonds. The summed E-state index contributed by atoms with van der Waals surface area (Å²) in [6.07, 6.45) is 8.33. The molecular formula is C14H26N2O. The summed E-state index contributed by atoms with van der Waals surface area (Å²) >= 11 is 0. The van der Waals surface area contributed by atoms with E-state index in [0.29, 0.717) is 6.42 Å². The minimum Gasteiger partial charge on any atom is -0.356 e. The Morgan fingerprint density at radius 3 is 2.82 bits per heavy atom. The van der Waals surface area contributed by atoms with Gasteiger partial charge in [-0.15, -0.1) is 0 Å². The molecule has 3 nitrogen and oxygen atoms in total. The summed E-state index contributed by atoms with van der Waals surface area (Å²) < 4.78 is 0. The molecule has 0 aliphatic heterocycles. The van der Waals surface area contributed by atoms with Gasteiger partial charge >= 0.3 is 0 Å². The van der Waals surface area contributed by atoms with E-state index in [1.807, 2.05) is 6.92 Å². The molecule has 0 radical (unpaired) electrons. The average Bonchev–Trinajstić information content (AvgIpc) is 2.88. The van der Waals surface area contributed by atoms with Crippen molar-refractivity contribution in [2.75, 3.05) is 6.54 Å². The van der Waals surface area contributed by atoms with Crippen molar-refractivity contribution in [2.45, 2.75) is 57.9 Å². The molecular weight excluding hydrogens is 212 g/mol. The molecule has 2 bridgehead atoms. The van der Waals surface area contributed by atoms with Crippen LogP contribution in [0.5, 0.6) is 0 Å². The first-order valence-electron chi connectivity index (χ1n) is 7.17. The predicted octanol–water partition coefficient (Wildman–Crippen LogP) is 2.06. The fourth-order valence-corrected chi connectivity index (χ4v) is 3.57. The van der Waals surface area contributed by atoms with Crippen LogP contribution in [0.25, 0.3) is 0 Å². The third-order valence-electron chi connectivity index (χ3n) is 4.55. The van der Waals surface area contributed by atoms with Crippen LogP contribution in [0.3, 0.4) is 0 Å². The molecule has 4 atom stereocenters. The van der Waals surface area contributed by atoms with Crippen LogP contribution in [0.1, 0.15) is 51.9 Å². The molecule has 17 heavy (non-hydrogen) atoms. The molecule has 2 rings (SSSR count). The maximum absolute atomic E-state index is 11.5. The van der Waals surface area contributed by atoms with Crippen molar-refractivity contribution >= 4 is 5.91 Å². The summed E-state index contributed by atoms with van der Waals surface area (Å²) in [7, 11) is 0. The number of hydrogen-bond donors (Lipinski definition) is 2. The third-order valence-corrected chi connectivity index (χ3v) is 4.55. The van der Waals surface area contributed by atoms with Gasteiger partial charge in [0.15, 0.2) is 0 Å². The van der Waals surface area contributed by atoms with Crippen molar-refractivity contribution in [3.63, 3.8) is 0 Å². The zero-order valence-electron chi connectivity index (χ0n) is 11.0. The summed E-state index contributed by atoms with van der Waals surface area (Å²) in [5, 5.41) is 3.03. The van der Waals surface area contributed by atoms with E-state index in [2.05, 4.69) is 5.32 Å². The van der Waals surface area contributed by atoms with E-state index in [1.54, 1.807) is 0 Å². The van der Waals surface area contributed by atoms with E-state index in [9.17, 15) is 4.79 Å². The average molecular weight is 238 g/mol. The lowest BCUT2D eigenvalue weighted by Gasteiger charge is -2.21. The number of nitrogens with one attached hydrogen (secondary N) is 1. The van der Waals surface area contributed by atoms with Crippen LogP contribution < -0.4 is 11.1 Å². The first-order chi connectivity index (χ1) is 8.15. The highest BCUT2D eigenvalue weighted by molar-refractivity contribution is 5.75. The SMILES string of the molecule is CC(N)CCC(=O)NCCC1CC2CCC1C2. The maximum atomic E-state index is 11.5. The van der Waals surface area contributed by atoms with E-state index in [4.69, 9.17) is 5.73 Å².